The van der Waals surface area contributed by atoms with Gasteiger partial charge in [-0.1, -0.05) is 6.42 Å². The Balaban J connectivity index is 1.29. The summed E-state index contributed by atoms with van der Waals surface area (Å²) in [4.78, 5) is 42.8. The molecule has 1 saturated heterocycles. The number of hydrogen-bond donors (Lipinski definition) is 2. The number of carboxylic acids is 1. The summed E-state index contributed by atoms with van der Waals surface area (Å²) in [5.41, 5.74) is 1.14. The summed E-state index contributed by atoms with van der Waals surface area (Å²) in [5.74, 6) is -2.15. The van der Waals surface area contributed by atoms with Gasteiger partial charge in [-0.05, 0) is 69.3 Å². The summed E-state index contributed by atoms with van der Waals surface area (Å²) in [6, 6.07) is 1.02. The number of hydrogen-bond acceptors (Lipinski definition) is 8. The second-order valence-electron chi connectivity index (χ2n) is 11.6. The fraction of sp³-hybridized carbons (Fsp3) is 0.484. The van der Waals surface area contributed by atoms with Crippen molar-refractivity contribution in [3.63, 3.8) is 0 Å². The number of thiocarbonyl (C=S) groups is 1. The van der Waals surface area contributed by atoms with E-state index < -0.39 is 17.2 Å². The Morgan fingerprint density at radius 2 is 1.91 bits per heavy atom. The molecule has 0 bridgehead atoms. The van der Waals surface area contributed by atoms with E-state index in [1.54, 1.807) is 15.9 Å². The molecule has 1 saturated carbocycles. The first-order valence-electron chi connectivity index (χ1n) is 14.9. The third-order valence-electron chi connectivity index (χ3n) is 8.81. The van der Waals surface area contributed by atoms with E-state index in [1.807, 2.05) is 16.7 Å². The number of aryl methyl sites for hydroxylation is 1. The minimum atomic E-state index is -1.35. The van der Waals surface area contributed by atoms with Gasteiger partial charge in [0.05, 0.1) is 30.7 Å². The fourth-order valence-electron chi connectivity index (χ4n) is 6.50. The molecule has 13 heteroatoms. The summed E-state index contributed by atoms with van der Waals surface area (Å²) >= 11 is 7.41. The molecule has 10 nitrogen and oxygen atoms in total. The van der Waals surface area contributed by atoms with Crippen LogP contribution in [0.25, 0.3) is 10.9 Å². The van der Waals surface area contributed by atoms with E-state index in [0.717, 1.165) is 56.6 Å². The number of rotatable bonds is 6. The Morgan fingerprint density at radius 3 is 2.57 bits per heavy atom. The molecule has 6 rings (SSSR count). The average molecular weight is 643 g/mol. The zero-order chi connectivity index (χ0) is 31.3. The van der Waals surface area contributed by atoms with Crippen LogP contribution in [-0.4, -0.2) is 71.5 Å². The van der Waals surface area contributed by atoms with Crippen LogP contribution in [0.1, 0.15) is 76.2 Å². The Labute approximate surface area is 263 Å². The molecule has 3 aromatic rings. The number of methoxy groups -OCH3 is 2. The molecule has 2 N–H and O–H groups in total. The van der Waals surface area contributed by atoms with E-state index in [9.17, 15) is 19.5 Å². The van der Waals surface area contributed by atoms with E-state index >= 15 is 4.39 Å². The number of esters is 1. The molecular formula is C31H35FN4O6S2. The summed E-state index contributed by atoms with van der Waals surface area (Å²) in [7, 11) is 2.83. The van der Waals surface area contributed by atoms with Crippen molar-refractivity contribution in [2.24, 2.45) is 0 Å². The SMILES string of the molecule is COC(=O)c1c(NC(=S)N2CCN(c3c(F)cc4c(=O)c(C(=O)O)cn(C5CC5)c4c3OC)CC2C)sc2c1CCCCC2. The summed E-state index contributed by atoms with van der Waals surface area (Å²) < 4.78 is 28.5. The Kier molecular flexibility index (Phi) is 8.27. The average Bonchev–Trinajstić information content (AvgIpc) is 3.82. The lowest BCUT2D eigenvalue weighted by Crippen LogP contribution is -2.55. The first-order valence-corrected chi connectivity index (χ1v) is 16.1. The van der Waals surface area contributed by atoms with E-state index in [0.29, 0.717) is 40.8 Å². The number of anilines is 2. The first kappa shape index (κ1) is 30.3. The molecule has 0 radical (unpaired) electrons. The van der Waals surface area contributed by atoms with Gasteiger partial charge in [0.25, 0.3) is 0 Å². The van der Waals surface area contributed by atoms with Crippen molar-refractivity contribution in [3.05, 3.63) is 49.9 Å². The molecule has 1 aromatic carbocycles. The van der Waals surface area contributed by atoms with Crippen molar-refractivity contribution in [3.8, 4) is 5.75 Å². The molecule has 3 aliphatic rings. The van der Waals surface area contributed by atoms with Crippen molar-refractivity contribution in [1.29, 1.82) is 0 Å². The highest BCUT2D eigenvalue weighted by Gasteiger charge is 2.34. The smallest absolute Gasteiger partial charge is 0.341 e. The number of benzene rings is 1. The highest BCUT2D eigenvalue weighted by Crippen LogP contribution is 2.44. The number of halogens is 1. The lowest BCUT2D eigenvalue weighted by Gasteiger charge is -2.42. The summed E-state index contributed by atoms with van der Waals surface area (Å²) in [6.45, 7) is 3.29. The van der Waals surface area contributed by atoms with E-state index in [1.165, 1.54) is 25.3 Å². The van der Waals surface area contributed by atoms with Crippen LogP contribution in [0.15, 0.2) is 17.1 Å². The second-order valence-corrected chi connectivity index (χ2v) is 13.1. The number of carbonyl (C=O) groups is 2. The van der Waals surface area contributed by atoms with Gasteiger partial charge >= 0.3 is 11.9 Å². The Morgan fingerprint density at radius 1 is 1.16 bits per heavy atom. The zero-order valence-electron chi connectivity index (χ0n) is 24.9. The molecule has 0 amide bonds. The molecule has 1 aliphatic heterocycles. The number of thiophene rings is 1. The van der Waals surface area contributed by atoms with Crippen LogP contribution in [-0.2, 0) is 17.6 Å². The van der Waals surface area contributed by atoms with E-state index in [-0.39, 0.29) is 40.4 Å². The molecule has 3 heterocycles. The highest BCUT2D eigenvalue weighted by atomic mass is 32.1. The number of ether oxygens (including phenoxy) is 2. The van der Waals surface area contributed by atoms with Gasteiger partial charge in [0.2, 0.25) is 5.43 Å². The van der Waals surface area contributed by atoms with Crippen molar-refractivity contribution in [2.75, 3.05) is 44.1 Å². The number of nitrogens with zero attached hydrogens (tertiary/aromatic N) is 3. The van der Waals surface area contributed by atoms with Gasteiger partial charge in [0, 0.05) is 42.8 Å². The molecule has 1 atom stereocenters. The van der Waals surface area contributed by atoms with Crippen LogP contribution >= 0.6 is 23.6 Å². The number of aromatic carboxylic acids is 1. The lowest BCUT2D eigenvalue weighted by molar-refractivity contribution is 0.0600. The standard InChI is InChI=1S/C31H35FN4O6S2/c1-16-14-34(11-12-35(16)31(43)33-28-23(30(40)42-3)18-7-5-4-6-8-22(18)44-28)25-21(32)13-19-24(27(25)41-2)36(17-9-10-17)15-20(26(19)37)29(38)39/h13,15-17H,4-12,14H2,1-3H3,(H,33,43)(H,38,39). The Hall–Kier alpha value is -3.71. The van der Waals surface area contributed by atoms with Crippen molar-refractivity contribution in [2.45, 2.75) is 64.0 Å². The van der Waals surface area contributed by atoms with Crippen LogP contribution in [0.2, 0.25) is 0 Å². The zero-order valence-corrected chi connectivity index (χ0v) is 26.5. The van der Waals surface area contributed by atoms with Gasteiger partial charge in [-0.25, -0.2) is 14.0 Å². The fourth-order valence-corrected chi connectivity index (χ4v) is 8.22. The normalized spacial score (nSPS) is 18.5. The molecular weight excluding hydrogens is 607 g/mol. The maximum Gasteiger partial charge on any atom is 0.341 e. The number of nitrogens with one attached hydrogen (secondary N) is 1. The molecule has 2 aliphatic carbocycles. The predicted molar refractivity (Wildman–Crippen MR) is 171 cm³/mol. The third-order valence-corrected chi connectivity index (χ3v) is 10.4. The lowest BCUT2D eigenvalue weighted by atomic mass is 10.1. The largest absolute Gasteiger partial charge is 0.492 e. The van der Waals surface area contributed by atoms with Crippen molar-refractivity contribution < 1.29 is 28.6 Å². The number of pyridine rings is 1. The maximum atomic E-state index is 15.9. The van der Waals surface area contributed by atoms with Gasteiger partial charge < -0.3 is 34.3 Å². The van der Waals surface area contributed by atoms with Crippen molar-refractivity contribution in [1.82, 2.24) is 9.47 Å². The van der Waals surface area contributed by atoms with E-state index in [2.05, 4.69) is 5.32 Å². The second kappa shape index (κ2) is 12.0. The summed E-state index contributed by atoms with van der Waals surface area (Å²) in [5, 5.41) is 14.1. The molecule has 1 unspecified atom stereocenters. The topological polar surface area (TPSA) is 113 Å². The molecule has 2 fully saturated rings. The number of piperazine rings is 1. The minimum absolute atomic E-state index is 0.0114. The molecule has 2 aromatic heterocycles. The van der Waals surface area contributed by atoms with Crippen LogP contribution < -0.4 is 20.4 Å². The first-order chi connectivity index (χ1) is 21.1. The summed E-state index contributed by atoms with van der Waals surface area (Å²) in [6.07, 6.45) is 8.04. The monoisotopic (exact) mass is 642 g/mol. The van der Waals surface area contributed by atoms with Crippen LogP contribution in [0.5, 0.6) is 5.75 Å². The number of aromatic nitrogens is 1. The highest BCUT2D eigenvalue weighted by molar-refractivity contribution is 7.80. The Bertz CT molecular complexity index is 1730. The van der Waals surface area contributed by atoms with Gasteiger partial charge in [0.1, 0.15) is 16.3 Å². The third kappa shape index (κ3) is 5.29. The number of carbonyl (C=O) groups excluding carboxylic acids is 1. The van der Waals surface area contributed by atoms with Gasteiger partial charge in [-0.15, -0.1) is 11.3 Å². The maximum absolute atomic E-state index is 15.9. The van der Waals surface area contributed by atoms with E-state index in [4.69, 9.17) is 21.7 Å². The quantitative estimate of drug-likeness (QED) is 0.211. The predicted octanol–water partition coefficient (Wildman–Crippen LogP) is 5.21. The van der Waals surface area contributed by atoms with Gasteiger partial charge in [0.15, 0.2) is 16.7 Å². The molecule has 44 heavy (non-hydrogen) atoms. The van der Waals surface area contributed by atoms with Gasteiger partial charge in [-0.2, -0.15) is 0 Å². The van der Waals surface area contributed by atoms with Crippen molar-refractivity contribution >= 4 is 62.2 Å². The van der Waals surface area contributed by atoms with Gasteiger partial charge in [-0.3, -0.25) is 4.79 Å². The van der Waals surface area contributed by atoms with Crippen LogP contribution in [0, 0.1) is 5.82 Å². The molecule has 234 valence electrons. The number of fused-ring (bicyclic) bond motifs is 2. The van der Waals surface area contributed by atoms with Crippen LogP contribution in [0.3, 0.4) is 0 Å². The molecule has 0 spiro atoms. The minimum Gasteiger partial charge on any atom is -0.492 e. The number of carboxylic acid groups (broad SMARTS) is 1. The van der Waals surface area contributed by atoms with Crippen LogP contribution in [0.4, 0.5) is 15.1 Å².